The van der Waals surface area contributed by atoms with Crippen LogP contribution in [0.5, 0.6) is 0 Å². The van der Waals surface area contributed by atoms with Crippen molar-refractivity contribution in [1.82, 2.24) is 4.90 Å². The monoisotopic (exact) mass is 380 g/mol. The molecule has 1 N–H and O–H groups in total. The molecule has 2 aromatic rings. The normalized spacial score (nSPS) is 24.3. The van der Waals surface area contributed by atoms with Crippen molar-refractivity contribution in [3.8, 4) is 0 Å². The van der Waals surface area contributed by atoms with Crippen LogP contribution in [-0.4, -0.2) is 28.5 Å². The average molecular weight is 381 g/mol. The fourth-order valence-electron chi connectivity index (χ4n) is 4.01. The van der Waals surface area contributed by atoms with Crippen LogP contribution >= 0.6 is 11.8 Å². The second-order valence-electron chi connectivity index (χ2n) is 7.51. The van der Waals surface area contributed by atoms with Crippen molar-refractivity contribution < 1.29 is 9.59 Å². The molecule has 140 valence electrons. The Morgan fingerprint density at radius 1 is 1.15 bits per heavy atom. The topological polar surface area (TPSA) is 49.4 Å². The maximum Gasteiger partial charge on any atom is 0.248 e. The first kappa shape index (κ1) is 18.1. The van der Waals surface area contributed by atoms with E-state index in [4.69, 9.17) is 0 Å². The van der Waals surface area contributed by atoms with E-state index in [1.807, 2.05) is 47.4 Å². The lowest BCUT2D eigenvalue weighted by Gasteiger charge is -2.34. The van der Waals surface area contributed by atoms with Gasteiger partial charge < -0.3 is 10.2 Å². The molecule has 4 nitrogen and oxygen atoms in total. The zero-order chi connectivity index (χ0) is 19.0. The van der Waals surface area contributed by atoms with Gasteiger partial charge in [0.1, 0.15) is 10.9 Å². The molecule has 0 aliphatic carbocycles. The highest BCUT2D eigenvalue weighted by molar-refractivity contribution is 8.00. The Balaban J connectivity index is 1.56. The Labute approximate surface area is 164 Å². The van der Waals surface area contributed by atoms with Gasteiger partial charge in [-0.05, 0) is 35.6 Å². The lowest BCUT2D eigenvalue weighted by Crippen LogP contribution is -2.48. The van der Waals surface area contributed by atoms with Gasteiger partial charge in [-0.2, -0.15) is 0 Å². The zero-order valence-electron chi connectivity index (χ0n) is 15.6. The van der Waals surface area contributed by atoms with Crippen LogP contribution in [0.4, 0.5) is 5.69 Å². The van der Waals surface area contributed by atoms with Gasteiger partial charge in [0.05, 0.1) is 0 Å². The van der Waals surface area contributed by atoms with Crippen LogP contribution in [0.3, 0.4) is 0 Å². The minimum atomic E-state index is -0.435. The number of fused-ring (bicyclic) bond motifs is 1. The Bertz CT molecular complexity index is 850. The molecule has 5 heteroatoms. The van der Waals surface area contributed by atoms with Gasteiger partial charge in [0.2, 0.25) is 11.8 Å². The molecule has 2 atom stereocenters. The van der Waals surface area contributed by atoms with Gasteiger partial charge in [0.25, 0.3) is 0 Å². The third-order valence-electron chi connectivity index (χ3n) is 5.50. The molecule has 0 saturated carbocycles. The van der Waals surface area contributed by atoms with Crippen LogP contribution in [0.1, 0.15) is 43.7 Å². The lowest BCUT2D eigenvalue weighted by atomic mass is 10.0. The molecule has 2 amide bonds. The molecule has 2 fully saturated rings. The summed E-state index contributed by atoms with van der Waals surface area (Å²) in [5, 5.41) is 3.01. The fraction of sp³-hybridized carbons (Fsp3) is 0.364. The lowest BCUT2D eigenvalue weighted by molar-refractivity contribution is -0.136. The van der Waals surface area contributed by atoms with Crippen LogP contribution in [0.25, 0.3) is 0 Å². The number of nitrogens with zero attached hydrogens (tertiary/aromatic N) is 1. The van der Waals surface area contributed by atoms with E-state index in [2.05, 4.69) is 31.3 Å². The maximum absolute atomic E-state index is 13.0. The first-order valence-electron chi connectivity index (χ1n) is 9.44. The highest BCUT2D eigenvalue weighted by atomic mass is 32.2. The molecular weight excluding hydrogens is 356 g/mol. The van der Waals surface area contributed by atoms with Crippen LogP contribution in [-0.2, 0) is 14.5 Å². The van der Waals surface area contributed by atoms with Gasteiger partial charge in [-0.1, -0.05) is 56.3 Å². The van der Waals surface area contributed by atoms with Gasteiger partial charge in [0, 0.05) is 17.9 Å². The Morgan fingerprint density at radius 3 is 2.52 bits per heavy atom. The van der Waals surface area contributed by atoms with Gasteiger partial charge in [-0.3, -0.25) is 9.59 Å². The van der Waals surface area contributed by atoms with Crippen LogP contribution in [0.15, 0.2) is 54.6 Å². The molecule has 2 heterocycles. The fourth-order valence-corrected chi connectivity index (χ4v) is 5.66. The van der Waals surface area contributed by atoms with Crippen molar-refractivity contribution in [3.05, 3.63) is 65.7 Å². The number of hydrogen-bond acceptors (Lipinski definition) is 3. The third-order valence-corrected chi connectivity index (χ3v) is 7.10. The summed E-state index contributed by atoms with van der Waals surface area (Å²) in [7, 11) is 0. The molecule has 0 bridgehead atoms. The molecule has 2 aromatic carbocycles. The molecule has 0 unspecified atom stereocenters. The van der Waals surface area contributed by atoms with Crippen molar-refractivity contribution in [2.24, 2.45) is 0 Å². The van der Waals surface area contributed by atoms with Gasteiger partial charge in [0.15, 0.2) is 0 Å². The predicted molar refractivity (Wildman–Crippen MR) is 110 cm³/mol. The molecule has 2 aliphatic heterocycles. The van der Waals surface area contributed by atoms with Crippen molar-refractivity contribution in [2.75, 3.05) is 11.1 Å². The minimum absolute atomic E-state index is 0.0687. The van der Waals surface area contributed by atoms with Crippen molar-refractivity contribution in [1.29, 1.82) is 0 Å². The molecular formula is C22H24N2O2S. The molecule has 2 aliphatic rings. The number of carbonyl (C=O) groups excluding carboxylic acids is 2. The number of hydrogen-bond donors (Lipinski definition) is 1. The van der Waals surface area contributed by atoms with Crippen molar-refractivity contribution in [3.63, 3.8) is 0 Å². The van der Waals surface area contributed by atoms with Crippen LogP contribution < -0.4 is 5.32 Å². The smallest absolute Gasteiger partial charge is 0.248 e. The number of anilines is 1. The van der Waals surface area contributed by atoms with Crippen molar-refractivity contribution >= 4 is 29.3 Å². The summed E-state index contributed by atoms with van der Waals surface area (Å²) in [6.07, 6.45) is 1.25. The van der Waals surface area contributed by atoms with Crippen molar-refractivity contribution in [2.45, 2.75) is 43.5 Å². The SMILES string of the molecule is CC(C)c1ccc(NC(=O)[C@H]2CS[C@]3(c4ccccc4)CCC(=O)N23)cc1. The standard InChI is InChI=1S/C22H24N2O2S/c1-15(2)16-8-10-18(11-9-16)23-21(26)19-14-27-22(13-12-20(25)24(19)22)17-6-4-3-5-7-17/h3-11,15,19H,12-14H2,1-2H3,(H,23,26)/t19-,22+/m1/s1. The van der Waals surface area contributed by atoms with E-state index in [-0.39, 0.29) is 11.8 Å². The Morgan fingerprint density at radius 2 is 1.85 bits per heavy atom. The molecule has 0 radical (unpaired) electrons. The molecule has 0 spiro atoms. The quantitative estimate of drug-likeness (QED) is 0.858. The molecule has 4 rings (SSSR count). The van der Waals surface area contributed by atoms with E-state index in [1.54, 1.807) is 11.8 Å². The molecule has 27 heavy (non-hydrogen) atoms. The number of rotatable bonds is 4. The second-order valence-corrected chi connectivity index (χ2v) is 8.80. The minimum Gasteiger partial charge on any atom is -0.324 e. The Hall–Kier alpha value is -2.27. The largest absolute Gasteiger partial charge is 0.324 e. The number of thioether (sulfide) groups is 1. The first-order valence-corrected chi connectivity index (χ1v) is 10.4. The van der Waals surface area contributed by atoms with E-state index in [1.165, 1.54) is 5.56 Å². The number of benzene rings is 2. The van der Waals surface area contributed by atoms with Crippen LogP contribution in [0.2, 0.25) is 0 Å². The summed E-state index contributed by atoms with van der Waals surface area (Å²) in [5.74, 6) is 1.04. The summed E-state index contributed by atoms with van der Waals surface area (Å²) in [6.45, 7) is 4.29. The molecule has 2 saturated heterocycles. The number of amides is 2. The highest BCUT2D eigenvalue weighted by Gasteiger charge is 2.56. The third kappa shape index (κ3) is 3.14. The maximum atomic E-state index is 13.0. The zero-order valence-corrected chi connectivity index (χ0v) is 16.5. The Kier molecular flexibility index (Phi) is 4.72. The summed E-state index contributed by atoms with van der Waals surface area (Å²) >= 11 is 1.71. The highest BCUT2D eigenvalue weighted by Crippen LogP contribution is 2.54. The van der Waals surface area contributed by atoms with Crippen LogP contribution in [0, 0.1) is 0 Å². The number of nitrogens with one attached hydrogen (secondary N) is 1. The average Bonchev–Trinajstić information content (AvgIpc) is 3.22. The number of carbonyl (C=O) groups is 2. The van der Waals surface area contributed by atoms with E-state index in [9.17, 15) is 9.59 Å². The summed E-state index contributed by atoms with van der Waals surface area (Å²) in [4.78, 5) is 27.1. The summed E-state index contributed by atoms with van der Waals surface area (Å²) in [6, 6.07) is 17.6. The summed E-state index contributed by atoms with van der Waals surface area (Å²) in [5.41, 5.74) is 3.12. The van der Waals surface area contributed by atoms with E-state index in [0.717, 1.165) is 17.7 Å². The van der Waals surface area contributed by atoms with Gasteiger partial charge in [-0.15, -0.1) is 11.8 Å². The molecule has 0 aromatic heterocycles. The predicted octanol–water partition coefficient (Wildman–Crippen LogP) is 4.34. The first-order chi connectivity index (χ1) is 13.0. The van der Waals surface area contributed by atoms with E-state index in [0.29, 0.717) is 18.1 Å². The summed E-state index contributed by atoms with van der Waals surface area (Å²) < 4.78 is 0. The van der Waals surface area contributed by atoms with E-state index < -0.39 is 10.9 Å². The van der Waals surface area contributed by atoms with Gasteiger partial charge in [-0.25, -0.2) is 0 Å². The van der Waals surface area contributed by atoms with Gasteiger partial charge >= 0.3 is 0 Å². The van der Waals surface area contributed by atoms with E-state index >= 15 is 0 Å². The second kappa shape index (κ2) is 7.04.